The molecule has 2 saturated heterocycles. The van der Waals surface area contributed by atoms with Crippen molar-refractivity contribution in [1.82, 2.24) is 54.3 Å². The average Bonchev–Trinajstić information content (AvgIpc) is 1.63. The summed E-state index contributed by atoms with van der Waals surface area (Å²) in [5, 5.41) is 34.8. The monoisotopic (exact) mass is 1620 g/mol. The number of carboxylic acid groups (broad SMARTS) is 1. The van der Waals surface area contributed by atoms with Gasteiger partial charge in [-0.15, -0.1) is 0 Å². The zero-order chi connectivity index (χ0) is 84.8. The average molecular weight is 1620 g/mol. The van der Waals surface area contributed by atoms with E-state index in [1.165, 1.54) is 9.80 Å². The molecule has 0 bridgehead atoms. The number of nitrogens with zero attached hydrogens (tertiary/aromatic N) is 10. The van der Waals surface area contributed by atoms with Crippen LogP contribution >= 0.6 is 0 Å². The van der Waals surface area contributed by atoms with Gasteiger partial charge in [-0.3, -0.25) is 14.7 Å². The molecule has 5 amide bonds. The molecule has 0 aromatic carbocycles. The number of rotatable bonds is 17. The summed E-state index contributed by atoms with van der Waals surface area (Å²) in [6.45, 7) is 51.6. The van der Waals surface area contributed by atoms with E-state index in [0.717, 1.165) is 29.2 Å². The Morgan fingerprint density at radius 2 is 0.768 bits per heavy atom. The number of aromatic carboxylic acids is 1. The molecule has 8 rings (SSSR count). The Bertz CT molecular complexity index is 3790. The molecule has 0 radical (unpaired) electrons. The van der Waals surface area contributed by atoms with E-state index in [0.29, 0.717) is 108 Å². The maximum atomic E-state index is 12.5. The second kappa shape index (κ2) is 41.2. The third-order valence-corrected chi connectivity index (χ3v) is 19.8. The number of piperidine rings is 2. The molecular weight excluding hydrogens is 1490 g/mol. The number of aromatic amines is 1. The van der Waals surface area contributed by atoms with Gasteiger partial charge in [0.15, 0.2) is 22.9 Å². The quantitative estimate of drug-likeness (QED) is 0.0282. The van der Waals surface area contributed by atoms with Crippen LogP contribution in [0.3, 0.4) is 0 Å². The number of carbonyl (C=O) groups excluding carboxylic acids is 10. The second-order valence-corrected chi connectivity index (χ2v) is 45.8. The fourth-order valence-corrected chi connectivity index (χ4v) is 12.4. The SMILES string of the molecule is CC(C)(C)OC(=O)N1CCC(=O)CC1.CC(C)(C)OC(=O)N1CCc2c(c(C(=O)O)nn2COCC[Si](C)(C)C)C1.CCOC(=O)/C(O)=C1\CN(C(=O)OC(C)(C)C)CCC1=O.CCOC(=O)c1n[nH]c2c1CN(C(=O)OC(C)(C)C)CC2.CCOC(=O)c1nn(COCC[Si](C)(C)C)c2c1CN(C(=O)OC(C)(C)C)CC2. The molecule has 0 atom stereocenters. The van der Waals surface area contributed by atoms with Crippen molar-refractivity contribution in [2.45, 2.75) is 276 Å². The Morgan fingerprint density at radius 1 is 0.429 bits per heavy atom. The number of likely N-dealkylation sites (tertiary alicyclic amines) is 2. The number of H-pyrrole nitrogens is 1. The van der Waals surface area contributed by atoms with Crippen molar-refractivity contribution in [2.24, 2.45) is 0 Å². The number of Topliss-reactive ketones (excluding diaryl/α,β-unsaturated/α-hetero) is 2. The van der Waals surface area contributed by atoms with Gasteiger partial charge >= 0.3 is 54.3 Å². The first-order valence-electron chi connectivity index (χ1n) is 38.1. The Labute approximate surface area is 660 Å². The smallest absolute Gasteiger partial charge is 0.410 e. The highest BCUT2D eigenvalue weighted by atomic mass is 28.3. The van der Waals surface area contributed by atoms with Crippen LogP contribution in [0, 0.1) is 0 Å². The van der Waals surface area contributed by atoms with E-state index < -0.39 is 92.1 Å². The number of carboxylic acids is 1. The maximum Gasteiger partial charge on any atom is 0.410 e. The summed E-state index contributed by atoms with van der Waals surface area (Å²) in [6, 6.07) is 2.10. The summed E-state index contributed by atoms with van der Waals surface area (Å²) in [7, 11) is -2.36. The number of carbonyl (C=O) groups is 11. The van der Waals surface area contributed by atoms with Crippen LogP contribution in [-0.4, -0.2) is 253 Å². The van der Waals surface area contributed by atoms with Crippen molar-refractivity contribution in [3.05, 3.63) is 62.2 Å². The first-order valence-corrected chi connectivity index (χ1v) is 45.5. The summed E-state index contributed by atoms with van der Waals surface area (Å²) in [6.07, 6.45) is 0.529. The van der Waals surface area contributed by atoms with E-state index in [9.17, 15) is 63.0 Å². The molecule has 0 unspecified atom stereocenters. The molecular formula is C76H125N11O23Si2. The van der Waals surface area contributed by atoms with Crippen LogP contribution in [0.15, 0.2) is 11.3 Å². The molecule has 3 aromatic rings. The molecule has 5 aliphatic rings. The predicted octanol–water partition coefficient (Wildman–Crippen LogP) is 11.9. The minimum Gasteiger partial charge on any atom is -0.501 e. The van der Waals surface area contributed by atoms with Gasteiger partial charge in [0.1, 0.15) is 47.3 Å². The lowest BCUT2D eigenvalue weighted by atomic mass is 10.0. The van der Waals surface area contributed by atoms with Crippen molar-refractivity contribution in [3.63, 3.8) is 0 Å². The number of hydrogen-bond acceptors (Lipinski definition) is 25. The van der Waals surface area contributed by atoms with E-state index in [-0.39, 0.29) is 106 Å². The third-order valence-electron chi connectivity index (χ3n) is 16.4. The molecule has 2 fully saturated rings. The summed E-state index contributed by atoms with van der Waals surface area (Å²) >= 11 is 0. The molecule has 3 N–H and O–H groups in total. The molecule has 0 saturated carbocycles. The van der Waals surface area contributed by atoms with Gasteiger partial charge in [-0.25, -0.2) is 52.5 Å². The Hall–Kier alpha value is -8.91. The second-order valence-electron chi connectivity index (χ2n) is 34.6. The first-order chi connectivity index (χ1) is 51.6. The van der Waals surface area contributed by atoms with Gasteiger partial charge in [0.25, 0.3) is 0 Å². The van der Waals surface area contributed by atoms with Gasteiger partial charge in [-0.2, -0.15) is 15.3 Å². The van der Waals surface area contributed by atoms with Crippen molar-refractivity contribution >= 4 is 82.1 Å². The van der Waals surface area contributed by atoms with E-state index in [1.807, 2.05) is 62.3 Å². The molecule has 112 heavy (non-hydrogen) atoms. The Balaban J connectivity index is 0.000000300. The van der Waals surface area contributed by atoms with Crippen molar-refractivity contribution in [3.8, 4) is 0 Å². The number of ether oxygens (including phenoxy) is 10. The van der Waals surface area contributed by atoms with Crippen molar-refractivity contribution < 1.29 is 110 Å². The Morgan fingerprint density at radius 3 is 1.15 bits per heavy atom. The molecule has 0 aliphatic carbocycles. The van der Waals surface area contributed by atoms with Gasteiger partial charge in [-0.1, -0.05) is 39.3 Å². The van der Waals surface area contributed by atoms with Crippen LogP contribution < -0.4 is 0 Å². The minimum atomic E-state index is -1.18. The summed E-state index contributed by atoms with van der Waals surface area (Å²) < 4.78 is 56.3. The number of amides is 5. The molecule has 36 heteroatoms. The molecule has 34 nitrogen and oxygen atoms in total. The minimum absolute atomic E-state index is 0.0212. The van der Waals surface area contributed by atoms with Gasteiger partial charge < -0.3 is 82.1 Å². The largest absolute Gasteiger partial charge is 0.501 e. The number of aliphatic hydroxyl groups is 1. The van der Waals surface area contributed by atoms with Crippen LogP contribution in [0.4, 0.5) is 24.0 Å². The predicted molar refractivity (Wildman–Crippen MR) is 417 cm³/mol. The zero-order valence-corrected chi connectivity index (χ0v) is 72.6. The summed E-state index contributed by atoms with van der Waals surface area (Å²) in [4.78, 5) is 138. The lowest BCUT2D eigenvalue weighted by molar-refractivity contribution is -0.142. The van der Waals surface area contributed by atoms with E-state index in [2.05, 4.69) is 64.4 Å². The highest BCUT2D eigenvalue weighted by molar-refractivity contribution is 6.76. The summed E-state index contributed by atoms with van der Waals surface area (Å²) in [5.41, 5.74) is 2.13. The fraction of sp³-hybridized carbons (Fsp3) is 0.711. The van der Waals surface area contributed by atoms with Crippen LogP contribution in [0.2, 0.25) is 51.4 Å². The number of nitrogens with one attached hydrogen (secondary N) is 1. The highest BCUT2D eigenvalue weighted by Crippen LogP contribution is 2.29. The van der Waals surface area contributed by atoms with Crippen molar-refractivity contribution in [2.75, 3.05) is 78.8 Å². The third kappa shape index (κ3) is 32.7. The molecule has 3 aromatic heterocycles. The normalized spacial score (nSPS) is 15.8. The number of fused-ring (bicyclic) bond motifs is 3. The highest BCUT2D eigenvalue weighted by Gasteiger charge is 2.38. The standard InChI is InChI=1S/C20H35N3O5Si.C18H31N3O5Si.C14H21N3O4.C14H21NO6.C10H17NO3/c1-8-27-18(24)17-15-13-22(19(25)28-20(2,3)4)10-9-16(15)23(21-17)14-26-11-12-29(5,6)7;1-18(2,3)26-17(24)20-8-7-14-13(11-20)15(16(22)23)19-21(14)12-25-9-10-27(4,5)6;1-5-20-12(18)11-9-8-17(7-6-10(9)15-16-11)13(19)21-14(2,3)4;1-5-20-12(18)11(17)9-8-15(7-6-10(9)16)13(19)21-14(2,3)4;1-10(2,3)14-9(13)11-6-4-8(12)5-7-11/h8-14H2,1-7H3;7-12H2,1-6H3,(H,22,23);5-8H2,1-4H3,(H,15,16);17H,5-8H2,1-4H3;4-7H2,1-3H3/b;;;11-9-;. The first kappa shape index (κ1) is 95.5. The van der Waals surface area contributed by atoms with Gasteiger partial charge in [-0.05, 0) is 137 Å². The molecule has 0 spiro atoms. The van der Waals surface area contributed by atoms with E-state index in [4.69, 9.17) is 42.6 Å². The van der Waals surface area contributed by atoms with Crippen LogP contribution in [0.5, 0.6) is 0 Å². The lowest BCUT2D eigenvalue weighted by Gasteiger charge is -2.30. The van der Waals surface area contributed by atoms with E-state index in [1.54, 1.807) is 86.4 Å². The van der Waals surface area contributed by atoms with Gasteiger partial charge in [0.2, 0.25) is 5.76 Å². The molecule has 8 heterocycles. The molecule has 630 valence electrons. The number of ketones is 2. The van der Waals surface area contributed by atoms with Crippen molar-refractivity contribution in [1.29, 1.82) is 0 Å². The van der Waals surface area contributed by atoms with Crippen LogP contribution in [0.25, 0.3) is 0 Å². The number of esters is 3. The molecule has 5 aliphatic heterocycles. The van der Waals surface area contributed by atoms with Gasteiger partial charge in [0.05, 0.1) is 51.6 Å². The fourth-order valence-electron chi connectivity index (χ4n) is 10.9. The number of aromatic nitrogens is 6. The van der Waals surface area contributed by atoms with Crippen LogP contribution in [-0.2, 0) is 114 Å². The number of hydrogen-bond donors (Lipinski definition) is 3. The van der Waals surface area contributed by atoms with E-state index >= 15 is 0 Å². The Kier molecular flexibility index (Phi) is 35.1. The lowest BCUT2D eigenvalue weighted by Crippen LogP contribution is -2.43. The zero-order valence-electron chi connectivity index (χ0n) is 70.6. The van der Waals surface area contributed by atoms with Crippen LogP contribution in [0.1, 0.15) is 209 Å². The summed E-state index contributed by atoms with van der Waals surface area (Å²) in [5.74, 6) is -3.90. The van der Waals surface area contributed by atoms with Gasteiger partial charge in [0, 0.05) is 141 Å². The maximum absolute atomic E-state index is 12.5. The topological polar surface area (TPSA) is 401 Å². The number of aliphatic hydroxyl groups excluding tert-OH is 1.